The number of nitrogens with one attached hydrogen (secondary N) is 2. The molecule has 1 heterocycles. The van der Waals surface area contributed by atoms with Crippen LogP contribution in [0.5, 0.6) is 0 Å². The summed E-state index contributed by atoms with van der Waals surface area (Å²) in [6.45, 7) is 1.65. The molecule has 10 heteroatoms. The quantitative estimate of drug-likeness (QED) is 0.360. The smallest absolute Gasteiger partial charge is 0.325 e. The summed E-state index contributed by atoms with van der Waals surface area (Å²) in [7, 11) is -2.49. The van der Waals surface area contributed by atoms with Crippen LogP contribution < -0.4 is 14.9 Å². The molecule has 4 rings (SSSR count). The van der Waals surface area contributed by atoms with E-state index in [2.05, 4.69) is 10.3 Å². The molecular formula is C26H26N4O4S2. The first-order chi connectivity index (χ1) is 17.2. The van der Waals surface area contributed by atoms with Crippen LogP contribution >= 0.6 is 11.3 Å². The zero-order valence-electron chi connectivity index (χ0n) is 19.8. The minimum absolute atomic E-state index is 0.000922. The van der Waals surface area contributed by atoms with Crippen molar-refractivity contribution >= 4 is 49.2 Å². The third-order valence-corrected chi connectivity index (χ3v) is 8.11. The number of anilines is 1. The lowest BCUT2D eigenvalue weighted by atomic mass is 10.0. The number of hydrogen-bond acceptors (Lipinski definition) is 6. The molecule has 8 nitrogen and oxygen atoms in total. The average molecular weight is 523 g/mol. The summed E-state index contributed by atoms with van der Waals surface area (Å²) in [5, 5.41) is 2.58. The Morgan fingerprint density at radius 3 is 2.50 bits per heavy atom. The van der Waals surface area contributed by atoms with E-state index >= 15 is 0 Å². The molecule has 186 valence electrons. The van der Waals surface area contributed by atoms with Crippen molar-refractivity contribution in [3.05, 3.63) is 89.4 Å². The van der Waals surface area contributed by atoms with Crippen LogP contribution in [0.3, 0.4) is 0 Å². The van der Waals surface area contributed by atoms with Gasteiger partial charge < -0.3 is 10.2 Å². The molecule has 3 amide bonds. The van der Waals surface area contributed by atoms with Crippen LogP contribution in [0.15, 0.2) is 83.2 Å². The lowest BCUT2D eigenvalue weighted by Crippen LogP contribution is -2.51. The van der Waals surface area contributed by atoms with Crippen molar-refractivity contribution in [2.75, 3.05) is 11.9 Å². The number of nitrogens with zero attached hydrogens (tertiary/aromatic N) is 2. The van der Waals surface area contributed by atoms with E-state index in [-0.39, 0.29) is 17.2 Å². The van der Waals surface area contributed by atoms with Crippen molar-refractivity contribution in [1.29, 1.82) is 0 Å². The van der Waals surface area contributed by atoms with Crippen LogP contribution in [0.1, 0.15) is 17.5 Å². The normalized spacial score (nSPS) is 12.2. The number of thiazole rings is 1. The first kappa shape index (κ1) is 25.3. The predicted molar refractivity (Wildman–Crippen MR) is 142 cm³/mol. The van der Waals surface area contributed by atoms with Crippen LogP contribution in [0.2, 0.25) is 0 Å². The molecule has 0 saturated heterocycles. The lowest BCUT2D eigenvalue weighted by molar-refractivity contribution is -0.120. The Labute approximate surface area is 214 Å². The van der Waals surface area contributed by atoms with Gasteiger partial charge in [0.1, 0.15) is 6.04 Å². The summed E-state index contributed by atoms with van der Waals surface area (Å²) < 4.78 is 28.6. The molecule has 36 heavy (non-hydrogen) atoms. The fourth-order valence-corrected chi connectivity index (χ4v) is 5.67. The molecule has 0 spiro atoms. The second kappa shape index (κ2) is 10.9. The summed E-state index contributed by atoms with van der Waals surface area (Å²) >= 11 is 1.50. The van der Waals surface area contributed by atoms with Crippen molar-refractivity contribution in [3.8, 4) is 0 Å². The van der Waals surface area contributed by atoms with Gasteiger partial charge in [-0.2, -0.15) is 0 Å². The van der Waals surface area contributed by atoms with E-state index in [1.165, 1.54) is 22.3 Å². The maximum atomic E-state index is 13.5. The van der Waals surface area contributed by atoms with Crippen molar-refractivity contribution in [1.82, 2.24) is 15.0 Å². The summed E-state index contributed by atoms with van der Waals surface area (Å²) in [6, 6.07) is 19.5. The Balaban J connectivity index is 1.53. The second-order valence-electron chi connectivity index (χ2n) is 8.32. The molecule has 0 radical (unpaired) electrons. The number of carbonyl (C=O) groups is 2. The van der Waals surface area contributed by atoms with Gasteiger partial charge in [0.2, 0.25) is 5.91 Å². The number of fused-ring (bicyclic) bond motifs is 1. The van der Waals surface area contributed by atoms with E-state index in [1.807, 2.05) is 47.2 Å². The number of hydrogen-bond donors (Lipinski definition) is 2. The molecule has 2 N–H and O–H groups in total. The molecule has 4 aromatic rings. The van der Waals surface area contributed by atoms with Gasteiger partial charge >= 0.3 is 6.03 Å². The molecule has 0 fully saturated rings. The van der Waals surface area contributed by atoms with Crippen LogP contribution in [-0.4, -0.2) is 38.4 Å². The van der Waals surface area contributed by atoms with E-state index < -0.39 is 22.1 Å². The fourth-order valence-electron chi connectivity index (χ4n) is 3.85. The van der Waals surface area contributed by atoms with Crippen LogP contribution in [0, 0.1) is 6.92 Å². The van der Waals surface area contributed by atoms with Crippen LogP contribution in [0.4, 0.5) is 10.5 Å². The number of benzene rings is 3. The number of aromatic nitrogens is 1. The zero-order valence-corrected chi connectivity index (χ0v) is 21.5. The lowest BCUT2D eigenvalue weighted by Gasteiger charge is -2.25. The standard InChI is InChI=1S/C26H26N4O4S2/c1-18-8-6-7-11-24(18)36(33,34)29-26(32)28-21(14-12-19-9-4-3-5-10-19)25(31)30(2)20-13-15-23-22(16-20)27-17-35-23/h3-11,13,15-17,21H,12,14H2,1-2H3,(H2,28,29,32)/t21-/m0/s1. The molecule has 0 saturated carbocycles. The number of likely N-dealkylation sites (N-methyl/N-ethyl adjacent to an activating group) is 1. The Morgan fingerprint density at radius 2 is 1.75 bits per heavy atom. The van der Waals surface area contributed by atoms with Gasteiger partial charge in [-0.1, -0.05) is 48.5 Å². The Bertz CT molecular complexity index is 1490. The highest BCUT2D eigenvalue weighted by molar-refractivity contribution is 7.90. The molecule has 0 aliphatic carbocycles. The van der Waals surface area contributed by atoms with Crippen molar-refractivity contribution < 1.29 is 18.0 Å². The van der Waals surface area contributed by atoms with Crippen molar-refractivity contribution in [2.24, 2.45) is 0 Å². The predicted octanol–water partition coefficient (Wildman–Crippen LogP) is 4.26. The minimum atomic E-state index is -4.11. The largest absolute Gasteiger partial charge is 0.329 e. The fraction of sp³-hybridized carbons (Fsp3) is 0.192. The van der Waals surface area contributed by atoms with E-state index in [0.717, 1.165) is 15.8 Å². The van der Waals surface area contributed by atoms with Gasteiger partial charge in [-0.3, -0.25) is 4.79 Å². The van der Waals surface area contributed by atoms with Crippen molar-refractivity contribution in [3.63, 3.8) is 0 Å². The van der Waals surface area contributed by atoms with Gasteiger partial charge in [-0.05, 0) is 55.2 Å². The van der Waals surface area contributed by atoms with Crippen molar-refractivity contribution in [2.45, 2.75) is 30.7 Å². The van der Waals surface area contributed by atoms with E-state index in [1.54, 1.807) is 43.7 Å². The minimum Gasteiger partial charge on any atom is -0.325 e. The van der Waals surface area contributed by atoms with Gasteiger partial charge in [0.25, 0.3) is 10.0 Å². The highest BCUT2D eigenvalue weighted by atomic mass is 32.2. The number of rotatable bonds is 8. The first-order valence-electron chi connectivity index (χ1n) is 11.3. The monoisotopic (exact) mass is 522 g/mol. The molecule has 0 aliphatic heterocycles. The van der Waals surface area contributed by atoms with Gasteiger partial charge in [0, 0.05) is 12.7 Å². The molecule has 0 unspecified atom stereocenters. The summed E-state index contributed by atoms with van der Waals surface area (Å²) in [5.74, 6) is -0.371. The van der Waals surface area contributed by atoms with Crippen LogP contribution in [0.25, 0.3) is 10.2 Å². The molecule has 0 bridgehead atoms. The average Bonchev–Trinajstić information content (AvgIpc) is 3.34. The SMILES string of the molecule is Cc1ccccc1S(=O)(=O)NC(=O)N[C@@H](CCc1ccccc1)C(=O)N(C)c1ccc2scnc2c1. The van der Waals surface area contributed by atoms with E-state index in [0.29, 0.717) is 17.7 Å². The third kappa shape index (κ3) is 5.89. The van der Waals surface area contributed by atoms with E-state index in [9.17, 15) is 18.0 Å². The number of amides is 3. The molecule has 1 atom stereocenters. The molecule has 3 aromatic carbocycles. The van der Waals surface area contributed by atoms with Gasteiger partial charge in [-0.15, -0.1) is 11.3 Å². The molecule has 1 aromatic heterocycles. The summed E-state index contributed by atoms with van der Waals surface area (Å²) in [5.41, 5.74) is 4.63. The van der Waals surface area contributed by atoms with Gasteiger partial charge in [0.05, 0.1) is 20.6 Å². The number of aryl methyl sites for hydroxylation is 2. The number of carbonyl (C=O) groups excluding carboxylic acids is 2. The maximum Gasteiger partial charge on any atom is 0.329 e. The Kier molecular flexibility index (Phi) is 7.66. The van der Waals surface area contributed by atoms with Crippen LogP contribution in [-0.2, 0) is 21.2 Å². The highest BCUT2D eigenvalue weighted by Crippen LogP contribution is 2.24. The van der Waals surface area contributed by atoms with Gasteiger partial charge in [-0.25, -0.2) is 22.9 Å². The third-order valence-electron chi connectivity index (χ3n) is 5.81. The summed E-state index contributed by atoms with van der Waals surface area (Å²) in [6.07, 6.45) is 0.797. The Hall–Kier alpha value is -3.76. The Morgan fingerprint density at radius 1 is 1.03 bits per heavy atom. The second-order valence-corrected chi connectivity index (χ2v) is 10.9. The zero-order chi connectivity index (χ0) is 25.7. The number of urea groups is 1. The number of sulfonamides is 1. The maximum absolute atomic E-state index is 13.5. The molecule has 0 aliphatic rings. The molecular weight excluding hydrogens is 496 g/mol. The first-order valence-corrected chi connectivity index (χ1v) is 13.6. The topological polar surface area (TPSA) is 108 Å². The van der Waals surface area contributed by atoms with E-state index in [4.69, 9.17) is 0 Å². The van der Waals surface area contributed by atoms with Gasteiger partial charge in [0.15, 0.2) is 0 Å². The summed E-state index contributed by atoms with van der Waals surface area (Å²) in [4.78, 5) is 32.0. The highest BCUT2D eigenvalue weighted by Gasteiger charge is 2.27.